The Morgan fingerprint density at radius 3 is 2.67 bits per heavy atom. The lowest BCUT2D eigenvalue weighted by Gasteiger charge is -2.41. The van der Waals surface area contributed by atoms with Gasteiger partial charge in [-0.3, -0.25) is 4.90 Å². The van der Waals surface area contributed by atoms with Crippen LogP contribution < -0.4 is 10.5 Å². The lowest BCUT2D eigenvalue weighted by molar-refractivity contribution is -0.129. The van der Waals surface area contributed by atoms with Crippen LogP contribution in [0.3, 0.4) is 0 Å². The largest absolute Gasteiger partial charge is 0.494 e. The average molecular weight is 292 g/mol. The van der Waals surface area contributed by atoms with Crippen LogP contribution in [0, 0.1) is 0 Å². The van der Waals surface area contributed by atoms with Crippen LogP contribution in [0.1, 0.15) is 32.8 Å². The maximum atomic E-state index is 5.92. The molecule has 2 N–H and O–H groups in total. The van der Waals surface area contributed by atoms with Crippen LogP contribution >= 0.6 is 0 Å². The van der Waals surface area contributed by atoms with Gasteiger partial charge in [0.15, 0.2) is 0 Å². The molecule has 0 spiro atoms. The van der Waals surface area contributed by atoms with Gasteiger partial charge < -0.3 is 15.2 Å². The van der Waals surface area contributed by atoms with Gasteiger partial charge in [0.05, 0.1) is 18.3 Å². The van der Waals surface area contributed by atoms with Crippen molar-refractivity contribution in [1.82, 2.24) is 4.90 Å². The van der Waals surface area contributed by atoms with Gasteiger partial charge in [0.1, 0.15) is 5.75 Å². The summed E-state index contributed by atoms with van der Waals surface area (Å²) in [6.45, 7) is 10.8. The SMILES string of the molecule is CC1CN(CCCOc2ccc(CN)cc2)CC(C)(C)O1. The first-order valence-corrected chi connectivity index (χ1v) is 7.80. The van der Waals surface area contributed by atoms with Crippen LogP contribution in [0.2, 0.25) is 0 Å². The number of rotatable bonds is 6. The first kappa shape index (κ1) is 16.3. The summed E-state index contributed by atoms with van der Waals surface area (Å²) in [6, 6.07) is 8.01. The van der Waals surface area contributed by atoms with Crippen molar-refractivity contribution in [2.75, 3.05) is 26.2 Å². The summed E-state index contributed by atoms with van der Waals surface area (Å²) in [5, 5.41) is 0. The molecule has 0 aliphatic carbocycles. The van der Waals surface area contributed by atoms with Gasteiger partial charge >= 0.3 is 0 Å². The lowest BCUT2D eigenvalue weighted by Crippen LogP contribution is -2.52. The normalized spacial score (nSPS) is 22.2. The predicted molar refractivity (Wildman–Crippen MR) is 85.5 cm³/mol. The van der Waals surface area contributed by atoms with Crippen molar-refractivity contribution in [2.45, 2.75) is 45.4 Å². The molecule has 118 valence electrons. The van der Waals surface area contributed by atoms with E-state index in [9.17, 15) is 0 Å². The molecule has 1 heterocycles. The maximum Gasteiger partial charge on any atom is 0.119 e. The van der Waals surface area contributed by atoms with Crippen molar-refractivity contribution in [3.05, 3.63) is 29.8 Å². The molecule has 1 atom stereocenters. The highest BCUT2D eigenvalue weighted by Gasteiger charge is 2.30. The molecular formula is C17H28N2O2. The summed E-state index contributed by atoms with van der Waals surface area (Å²) >= 11 is 0. The standard InChI is InChI=1S/C17H28N2O2/c1-14-12-19(13-17(2,3)21-14)9-4-10-20-16-7-5-15(11-18)6-8-16/h5-8,14H,4,9-13,18H2,1-3H3. The van der Waals surface area contributed by atoms with E-state index in [4.69, 9.17) is 15.2 Å². The summed E-state index contributed by atoms with van der Waals surface area (Å²) in [4.78, 5) is 2.47. The van der Waals surface area contributed by atoms with Crippen LogP contribution in [0.25, 0.3) is 0 Å². The average Bonchev–Trinajstić information content (AvgIpc) is 2.42. The Morgan fingerprint density at radius 1 is 1.33 bits per heavy atom. The topological polar surface area (TPSA) is 47.7 Å². The van der Waals surface area contributed by atoms with Gasteiger partial charge in [-0.1, -0.05) is 12.1 Å². The third-order valence-corrected chi connectivity index (χ3v) is 3.69. The highest BCUT2D eigenvalue weighted by Crippen LogP contribution is 2.20. The molecule has 4 heteroatoms. The van der Waals surface area contributed by atoms with Gasteiger partial charge in [-0.25, -0.2) is 0 Å². The summed E-state index contributed by atoms with van der Waals surface area (Å²) in [5.41, 5.74) is 6.67. The minimum absolute atomic E-state index is 0.0451. The van der Waals surface area contributed by atoms with Gasteiger partial charge in [-0.2, -0.15) is 0 Å². The fourth-order valence-electron chi connectivity index (χ4n) is 2.96. The van der Waals surface area contributed by atoms with Gasteiger partial charge in [0.25, 0.3) is 0 Å². The van der Waals surface area contributed by atoms with Crippen LogP contribution in [0.5, 0.6) is 5.75 Å². The number of benzene rings is 1. The minimum Gasteiger partial charge on any atom is -0.494 e. The molecule has 1 saturated heterocycles. The number of nitrogens with zero attached hydrogens (tertiary/aromatic N) is 1. The zero-order valence-corrected chi connectivity index (χ0v) is 13.5. The van der Waals surface area contributed by atoms with Crippen LogP contribution in [0.15, 0.2) is 24.3 Å². The number of ether oxygens (including phenoxy) is 2. The summed E-state index contributed by atoms with van der Waals surface area (Å²) < 4.78 is 11.7. The molecule has 2 rings (SSSR count). The van der Waals surface area contributed by atoms with E-state index in [0.717, 1.165) is 44.0 Å². The monoisotopic (exact) mass is 292 g/mol. The Labute approximate surface area is 128 Å². The quantitative estimate of drug-likeness (QED) is 0.818. The highest BCUT2D eigenvalue weighted by molar-refractivity contribution is 5.26. The van der Waals surface area contributed by atoms with E-state index in [1.54, 1.807) is 0 Å². The second-order valence-corrected chi connectivity index (χ2v) is 6.47. The molecule has 1 aromatic rings. The smallest absolute Gasteiger partial charge is 0.119 e. The molecule has 21 heavy (non-hydrogen) atoms. The second-order valence-electron chi connectivity index (χ2n) is 6.47. The number of morpholine rings is 1. The highest BCUT2D eigenvalue weighted by atomic mass is 16.5. The summed E-state index contributed by atoms with van der Waals surface area (Å²) in [7, 11) is 0. The predicted octanol–water partition coefficient (Wildman–Crippen LogP) is 2.41. The first-order chi connectivity index (χ1) is 9.98. The fourth-order valence-corrected chi connectivity index (χ4v) is 2.96. The molecule has 0 amide bonds. The molecular weight excluding hydrogens is 264 g/mol. The minimum atomic E-state index is -0.0451. The summed E-state index contributed by atoms with van der Waals surface area (Å²) in [5.74, 6) is 0.919. The van der Waals surface area contributed by atoms with E-state index in [1.807, 2.05) is 24.3 Å². The van der Waals surface area contributed by atoms with Crippen molar-refractivity contribution in [2.24, 2.45) is 5.73 Å². The lowest BCUT2D eigenvalue weighted by atomic mass is 10.1. The van der Waals surface area contributed by atoms with Gasteiger partial charge in [-0.15, -0.1) is 0 Å². The van der Waals surface area contributed by atoms with E-state index in [0.29, 0.717) is 12.6 Å². The van der Waals surface area contributed by atoms with E-state index in [2.05, 4.69) is 25.7 Å². The first-order valence-electron chi connectivity index (χ1n) is 7.80. The molecule has 0 bridgehead atoms. The Balaban J connectivity index is 1.69. The number of hydrogen-bond donors (Lipinski definition) is 1. The van der Waals surface area contributed by atoms with E-state index in [1.165, 1.54) is 0 Å². The van der Waals surface area contributed by atoms with Crippen LogP contribution in [0.4, 0.5) is 0 Å². The Hall–Kier alpha value is -1.10. The molecule has 4 nitrogen and oxygen atoms in total. The van der Waals surface area contributed by atoms with Crippen molar-refractivity contribution >= 4 is 0 Å². The molecule has 1 aliphatic heterocycles. The molecule has 0 saturated carbocycles. The Morgan fingerprint density at radius 2 is 2.05 bits per heavy atom. The zero-order chi connectivity index (χ0) is 15.3. The van der Waals surface area contributed by atoms with Gasteiger partial charge in [0.2, 0.25) is 0 Å². The number of nitrogens with two attached hydrogens (primary N) is 1. The van der Waals surface area contributed by atoms with Crippen LogP contribution in [-0.4, -0.2) is 42.8 Å². The third-order valence-electron chi connectivity index (χ3n) is 3.69. The molecule has 0 aromatic heterocycles. The number of hydrogen-bond acceptors (Lipinski definition) is 4. The van der Waals surface area contributed by atoms with Crippen molar-refractivity contribution in [1.29, 1.82) is 0 Å². The van der Waals surface area contributed by atoms with Crippen LogP contribution in [-0.2, 0) is 11.3 Å². The Bertz CT molecular complexity index is 431. The van der Waals surface area contributed by atoms with Crippen molar-refractivity contribution < 1.29 is 9.47 Å². The molecule has 0 radical (unpaired) electrons. The molecule has 1 unspecified atom stereocenters. The van der Waals surface area contributed by atoms with E-state index >= 15 is 0 Å². The Kier molecular flexibility index (Phi) is 5.62. The second kappa shape index (κ2) is 7.25. The summed E-state index contributed by atoms with van der Waals surface area (Å²) in [6.07, 6.45) is 1.33. The fraction of sp³-hybridized carbons (Fsp3) is 0.647. The van der Waals surface area contributed by atoms with E-state index in [-0.39, 0.29) is 5.60 Å². The maximum absolute atomic E-state index is 5.92. The third kappa shape index (κ3) is 5.30. The molecule has 1 aliphatic rings. The van der Waals surface area contributed by atoms with Gasteiger partial charge in [-0.05, 0) is 44.9 Å². The van der Waals surface area contributed by atoms with Crippen molar-refractivity contribution in [3.8, 4) is 5.75 Å². The van der Waals surface area contributed by atoms with Crippen molar-refractivity contribution in [3.63, 3.8) is 0 Å². The molecule has 1 aromatic carbocycles. The van der Waals surface area contributed by atoms with E-state index < -0.39 is 0 Å². The van der Waals surface area contributed by atoms with Gasteiger partial charge in [0, 0.05) is 26.2 Å². The molecule has 1 fully saturated rings. The zero-order valence-electron chi connectivity index (χ0n) is 13.5.